The number of hydrogen-bond donors (Lipinski definition) is 0. The van der Waals surface area contributed by atoms with Crippen LogP contribution in [0.25, 0.3) is 10.2 Å². The van der Waals surface area contributed by atoms with Crippen molar-refractivity contribution in [2.24, 2.45) is 0 Å². The highest BCUT2D eigenvalue weighted by Gasteiger charge is 2.33. The van der Waals surface area contributed by atoms with Crippen molar-refractivity contribution < 1.29 is 9.53 Å². The maximum Gasteiger partial charge on any atom is 0.262 e. The van der Waals surface area contributed by atoms with Crippen molar-refractivity contribution in [3.05, 3.63) is 27.1 Å². The van der Waals surface area contributed by atoms with Gasteiger partial charge < -0.3 is 9.64 Å². The summed E-state index contributed by atoms with van der Waals surface area (Å²) < 4.78 is 7.48. The van der Waals surface area contributed by atoms with Gasteiger partial charge in [0.2, 0.25) is 5.91 Å². The summed E-state index contributed by atoms with van der Waals surface area (Å²) in [4.78, 5) is 34.2. The van der Waals surface area contributed by atoms with Gasteiger partial charge >= 0.3 is 0 Å². The Morgan fingerprint density at radius 3 is 2.93 bits per heavy atom. The highest BCUT2D eigenvalue weighted by molar-refractivity contribution is 7.18. The third kappa shape index (κ3) is 3.67. The fourth-order valence-corrected chi connectivity index (χ4v) is 5.58. The number of aromatic nitrogens is 2. The van der Waals surface area contributed by atoms with Crippen molar-refractivity contribution in [3.63, 3.8) is 0 Å². The second kappa shape index (κ2) is 7.02. The third-order valence-corrected chi connectivity index (χ3v) is 6.63. The number of nitrogens with zero attached hydrogens (tertiary/aromatic N) is 3. The largest absolute Gasteiger partial charge is 0.369 e. The standard InChI is InChI=1S/C20H27N3O3S/c1-13-10-23(11-20(2,3)26-13)16(24)8-9-22-12-21-18-17(19(22)25)14-6-4-5-7-15(14)27-18/h12-13H,4-11H2,1-3H3. The zero-order chi connectivity index (χ0) is 19.2. The summed E-state index contributed by atoms with van der Waals surface area (Å²) in [5, 5.41) is 0.783. The van der Waals surface area contributed by atoms with Crippen molar-refractivity contribution in [2.75, 3.05) is 13.1 Å². The summed E-state index contributed by atoms with van der Waals surface area (Å²) >= 11 is 1.66. The number of hydrogen-bond acceptors (Lipinski definition) is 5. The lowest BCUT2D eigenvalue weighted by atomic mass is 9.97. The molecule has 1 aliphatic heterocycles. The van der Waals surface area contributed by atoms with Gasteiger partial charge in [-0.05, 0) is 52.0 Å². The van der Waals surface area contributed by atoms with E-state index >= 15 is 0 Å². The van der Waals surface area contributed by atoms with Crippen LogP contribution >= 0.6 is 11.3 Å². The molecule has 1 amide bonds. The molecule has 1 aliphatic carbocycles. The number of aryl methyl sites for hydroxylation is 3. The molecule has 2 aromatic heterocycles. The first-order valence-corrected chi connectivity index (χ1v) is 10.6. The lowest BCUT2D eigenvalue weighted by Crippen LogP contribution is -2.53. The predicted molar refractivity (Wildman–Crippen MR) is 106 cm³/mol. The number of rotatable bonds is 3. The number of morpholine rings is 1. The number of thiophene rings is 1. The first-order chi connectivity index (χ1) is 12.8. The lowest BCUT2D eigenvalue weighted by Gasteiger charge is -2.41. The maximum atomic E-state index is 13.0. The van der Waals surface area contributed by atoms with E-state index in [-0.39, 0.29) is 23.2 Å². The predicted octanol–water partition coefficient (Wildman–Crippen LogP) is 2.75. The Morgan fingerprint density at radius 2 is 2.15 bits per heavy atom. The fourth-order valence-electron chi connectivity index (χ4n) is 4.36. The molecule has 0 N–H and O–H groups in total. The third-order valence-electron chi connectivity index (χ3n) is 5.43. The molecule has 27 heavy (non-hydrogen) atoms. The average molecular weight is 390 g/mol. The maximum absolute atomic E-state index is 13.0. The van der Waals surface area contributed by atoms with Crippen molar-refractivity contribution in [1.29, 1.82) is 0 Å². The molecule has 4 rings (SSSR count). The van der Waals surface area contributed by atoms with E-state index < -0.39 is 0 Å². The minimum Gasteiger partial charge on any atom is -0.369 e. The second-order valence-corrected chi connectivity index (χ2v) is 9.43. The SMILES string of the molecule is CC1CN(C(=O)CCn2cnc3sc4c(c3c2=O)CCCC4)CC(C)(C)O1. The molecule has 146 valence electrons. The van der Waals surface area contributed by atoms with E-state index in [4.69, 9.17) is 4.74 Å². The topological polar surface area (TPSA) is 64.4 Å². The Labute approximate surface area is 163 Å². The summed E-state index contributed by atoms with van der Waals surface area (Å²) in [7, 11) is 0. The second-order valence-electron chi connectivity index (χ2n) is 8.35. The molecule has 0 spiro atoms. The van der Waals surface area contributed by atoms with E-state index in [1.165, 1.54) is 16.9 Å². The van der Waals surface area contributed by atoms with E-state index in [1.807, 2.05) is 25.7 Å². The van der Waals surface area contributed by atoms with Crippen LogP contribution in [0.15, 0.2) is 11.1 Å². The Balaban J connectivity index is 1.51. The Kier molecular flexibility index (Phi) is 4.84. The van der Waals surface area contributed by atoms with Gasteiger partial charge in [0.05, 0.1) is 23.4 Å². The Bertz CT molecular complexity index is 930. The molecule has 3 heterocycles. The molecule has 2 aliphatic rings. The summed E-state index contributed by atoms with van der Waals surface area (Å²) in [6, 6.07) is 0. The first kappa shape index (κ1) is 18.6. The zero-order valence-electron chi connectivity index (χ0n) is 16.3. The van der Waals surface area contributed by atoms with Gasteiger partial charge in [-0.2, -0.15) is 0 Å². The van der Waals surface area contributed by atoms with Crippen LogP contribution in [-0.2, 0) is 28.9 Å². The number of carbonyl (C=O) groups excluding carboxylic acids is 1. The summed E-state index contributed by atoms with van der Waals surface area (Å²) in [5.41, 5.74) is 0.867. The highest BCUT2D eigenvalue weighted by atomic mass is 32.1. The van der Waals surface area contributed by atoms with Gasteiger partial charge in [0.1, 0.15) is 4.83 Å². The van der Waals surface area contributed by atoms with Gasteiger partial charge in [-0.3, -0.25) is 14.2 Å². The molecular formula is C20H27N3O3S. The number of fused-ring (bicyclic) bond motifs is 3. The van der Waals surface area contributed by atoms with Crippen LogP contribution in [0.5, 0.6) is 0 Å². The van der Waals surface area contributed by atoms with Crippen LogP contribution in [0, 0.1) is 0 Å². The summed E-state index contributed by atoms with van der Waals surface area (Å²) in [6.45, 7) is 7.56. The first-order valence-electron chi connectivity index (χ1n) is 9.79. The molecule has 1 unspecified atom stereocenters. The summed E-state index contributed by atoms with van der Waals surface area (Å²) in [6.07, 6.45) is 6.28. The Hall–Kier alpha value is -1.73. The van der Waals surface area contributed by atoms with Gasteiger partial charge in [0, 0.05) is 30.9 Å². The average Bonchev–Trinajstić information content (AvgIpc) is 2.98. The molecule has 1 atom stereocenters. The fraction of sp³-hybridized carbons (Fsp3) is 0.650. The quantitative estimate of drug-likeness (QED) is 0.810. The van der Waals surface area contributed by atoms with Crippen LogP contribution in [0.2, 0.25) is 0 Å². The minimum atomic E-state index is -0.333. The lowest BCUT2D eigenvalue weighted by molar-refractivity contribution is -0.158. The summed E-state index contributed by atoms with van der Waals surface area (Å²) in [5.74, 6) is 0.0672. The number of ether oxygens (including phenoxy) is 1. The van der Waals surface area contributed by atoms with E-state index in [1.54, 1.807) is 22.2 Å². The van der Waals surface area contributed by atoms with Crippen molar-refractivity contribution in [3.8, 4) is 0 Å². The van der Waals surface area contributed by atoms with Crippen LogP contribution in [0.1, 0.15) is 50.5 Å². The molecule has 6 nitrogen and oxygen atoms in total. The van der Waals surface area contributed by atoms with Gasteiger partial charge in [-0.15, -0.1) is 11.3 Å². The number of carbonyl (C=O) groups is 1. The minimum absolute atomic E-state index is 0.00266. The molecule has 0 bridgehead atoms. The van der Waals surface area contributed by atoms with E-state index in [2.05, 4.69) is 4.98 Å². The molecule has 1 fully saturated rings. The molecule has 0 aromatic carbocycles. The molecule has 0 radical (unpaired) electrons. The zero-order valence-corrected chi connectivity index (χ0v) is 17.1. The van der Waals surface area contributed by atoms with Crippen molar-refractivity contribution in [1.82, 2.24) is 14.5 Å². The smallest absolute Gasteiger partial charge is 0.262 e. The van der Waals surface area contributed by atoms with E-state index in [0.717, 1.165) is 29.5 Å². The highest BCUT2D eigenvalue weighted by Crippen LogP contribution is 2.33. The van der Waals surface area contributed by atoms with Crippen LogP contribution < -0.4 is 5.56 Å². The van der Waals surface area contributed by atoms with Crippen LogP contribution in [0.3, 0.4) is 0 Å². The van der Waals surface area contributed by atoms with E-state index in [9.17, 15) is 9.59 Å². The molecule has 2 aromatic rings. The van der Waals surface area contributed by atoms with Gasteiger partial charge in [-0.25, -0.2) is 4.98 Å². The van der Waals surface area contributed by atoms with Crippen molar-refractivity contribution >= 4 is 27.5 Å². The Morgan fingerprint density at radius 1 is 1.37 bits per heavy atom. The van der Waals surface area contributed by atoms with Gasteiger partial charge in [-0.1, -0.05) is 0 Å². The molecular weight excluding hydrogens is 362 g/mol. The van der Waals surface area contributed by atoms with E-state index in [0.29, 0.717) is 26.1 Å². The van der Waals surface area contributed by atoms with Gasteiger partial charge in [0.25, 0.3) is 5.56 Å². The van der Waals surface area contributed by atoms with Crippen LogP contribution in [-0.4, -0.2) is 45.2 Å². The molecule has 1 saturated heterocycles. The monoisotopic (exact) mass is 389 g/mol. The van der Waals surface area contributed by atoms with Crippen LogP contribution in [0.4, 0.5) is 0 Å². The molecule has 7 heteroatoms. The normalized spacial score (nSPS) is 22.0. The number of amides is 1. The molecule has 0 saturated carbocycles. The van der Waals surface area contributed by atoms with Crippen molar-refractivity contribution in [2.45, 2.75) is 71.1 Å². The van der Waals surface area contributed by atoms with Gasteiger partial charge in [0.15, 0.2) is 0 Å².